The molecule has 0 atom stereocenters. The number of nitrogens with one attached hydrogen (secondary N) is 1. The van der Waals surface area contributed by atoms with Gasteiger partial charge in [-0.05, 0) is 19.4 Å². The van der Waals surface area contributed by atoms with Crippen molar-refractivity contribution < 1.29 is 8.42 Å². The van der Waals surface area contributed by atoms with Gasteiger partial charge in [0, 0.05) is 12.7 Å². The van der Waals surface area contributed by atoms with E-state index >= 15 is 0 Å². The average molecular weight is 316 g/mol. The second-order valence-corrected chi connectivity index (χ2v) is 6.79. The van der Waals surface area contributed by atoms with Gasteiger partial charge in [0.05, 0.1) is 6.20 Å². The van der Waals surface area contributed by atoms with E-state index in [2.05, 4.69) is 20.0 Å². The lowest BCUT2D eigenvalue weighted by Crippen LogP contribution is -2.12. The summed E-state index contributed by atoms with van der Waals surface area (Å²) in [6.45, 7) is 3.05. The highest BCUT2D eigenvalue weighted by Gasteiger charge is 2.18. The molecule has 0 amide bonds. The minimum atomic E-state index is -3.67. The summed E-state index contributed by atoms with van der Waals surface area (Å²) in [5, 5.41) is 12.7. The molecule has 2 aromatic heterocycles. The Labute approximate surface area is 121 Å². The molecule has 8 nitrogen and oxygen atoms in total. The largest absolute Gasteiger partial charge is 0.330 e. The summed E-state index contributed by atoms with van der Waals surface area (Å²) < 4.78 is 28.2. The molecule has 0 fully saturated rings. The second kappa shape index (κ2) is 6.29. The molecule has 0 aromatic carbocycles. The molecule has 2 rings (SSSR count). The molecule has 0 saturated heterocycles. The molecule has 0 aliphatic heterocycles. The van der Waals surface area contributed by atoms with Crippen LogP contribution in [0.2, 0.25) is 0 Å². The Morgan fingerprint density at radius 3 is 2.90 bits per heavy atom. The van der Waals surface area contributed by atoms with Crippen LogP contribution in [0, 0.1) is 0 Å². The smallest absolute Gasteiger partial charge is 0.266 e. The molecule has 0 radical (unpaired) electrons. The third-order valence-electron chi connectivity index (χ3n) is 2.50. The molecule has 0 unspecified atom stereocenters. The normalized spacial score (nSPS) is 11.7. The van der Waals surface area contributed by atoms with E-state index < -0.39 is 10.0 Å². The first-order valence-electron chi connectivity index (χ1n) is 6.13. The summed E-state index contributed by atoms with van der Waals surface area (Å²) in [6, 6.07) is 0. The van der Waals surface area contributed by atoms with Gasteiger partial charge in [-0.15, -0.1) is 10.2 Å². The summed E-state index contributed by atoms with van der Waals surface area (Å²) in [7, 11) is -3.67. The van der Waals surface area contributed by atoms with Gasteiger partial charge >= 0.3 is 0 Å². The Balaban J connectivity index is 2.11. The van der Waals surface area contributed by atoms with Crippen LogP contribution in [0.25, 0.3) is 0 Å². The van der Waals surface area contributed by atoms with Gasteiger partial charge in [0.1, 0.15) is 9.90 Å². The molecule has 110 valence electrons. The Kier molecular flexibility index (Phi) is 4.68. The SMILES string of the molecule is CCc1nnc(NS(=O)(=O)c2cnn(CCCN)c2)s1. The van der Waals surface area contributed by atoms with Gasteiger partial charge in [-0.3, -0.25) is 9.40 Å². The summed E-state index contributed by atoms with van der Waals surface area (Å²) in [5.41, 5.74) is 5.40. The Morgan fingerprint density at radius 2 is 2.25 bits per heavy atom. The molecule has 2 heterocycles. The highest BCUT2D eigenvalue weighted by molar-refractivity contribution is 7.93. The fraction of sp³-hybridized carbons (Fsp3) is 0.500. The van der Waals surface area contributed by atoms with Gasteiger partial charge in [-0.2, -0.15) is 5.10 Å². The number of rotatable bonds is 7. The molecular formula is C10H16N6O2S2. The number of aromatic nitrogens is 4. The fourth-order valence-corrected chi connectivity index (χ4v) is 3.33. The maximum Gasteiger partial charge on any atom is 0.266 e. The van der Waals surface area contributed by atoms with Crippen LogP contribution in [-0.4, -0.2) is 34.9 Å². The van der Waals surface area contributed by atoms with Gasteiger partial charge in [0.25, 0.3) is 10.0 Å². The molecule has 0 saturated carbocycles. The van der Waals surface area contributed by atoms with E-state index in [1.54, 1.807) is 4.68 Å². The van der Waals surface area contributed by atoms with Gasteiger partial charge < -0.3 is 5.73 Å². The Hall–Kier alpha value is -1.52. The number of hydrogen-bond acceptors (Lipinski definition) is 7. The van der Waals surface area contributed by atoms with Crippen LogP contribution < -0.4 is 10.5 Å². The summed E-state index contributed by atoms with van der Waals surface area (Å²) >= 11 is 1.22. The van der Waals surface area contributed by atoms with E-state index in [-0.39, 0.29) is 10.0 Å². The standard InChI is InChI=1S/C10H16N6O2S2/c1-2-9-13-14-10(19-9)15-20(17,18)8-6-12-16(7-8)5-3-4-11/h6-7H,2-5,11H2,1H3,(H,14,15). The van der Waals surface area contributed by atoms with E-state index in [1.165, 1.54) is 23.7 Å². The van der Waals surface area contributed by atoms with Crippen LogP contribution in [0.5, 0.6) is 0 Å². The van der Waals surface area contributed by atoms with Crippen LogP contribution >= 0.6 is 11.3 Å². The lowest BCUT2D eigenvalue weighted by atomic mass is 10.4. The van der Waals surface area contributed by atoms with Crippen LogP contribution in [0.1, 0.15) is 18.4 Å². The number of hydrogen-bond donors (Lipinski definition) is 2. The first kappa shape index (κ1) is 14.9. The molecule has 0 aliphatic rings. The topological polar surface area (TPSA) is 116 Å². The lowest BCUT2D eigenvalue weighted by Gasteiger charge is -2.01. The number of aryl methyl sites for hydroxylation is 2. The first-order valence-corrected chi connectivity index (χ1v) is 8.43. The van der Waals surface area contributed by atoms with Crippen molar-refractivity contribution in [1.82, 2.24) is 20.0 Å². The predicted octanol–water partition coefficient (Wildman–Crippen LogP) is 0.447. The zero-order chi connectivity index (χ0) is 14.6. The van der Waals surface area contributed by atoms with E-state index in [0.29, 0.717) is 13.1 Å². The number of nitrogens with two attached hydrogens (primary N) is 1. The van der Waals surface area contributed by atoms with Crippen molar-refractivity contribution in [3.05, 3.63) is 17.4 Å². The lowest BCUT2D eigenvalue weighted by molar-refractivity contribution is 0.582. The molecule has 0 spiro atoms. The molecular weight excluding hydrogens is 300 g/mol. The van der Waals surface area contributed by atoms with Crippen molar-refractivity contribution >= 4 is 26.5 Å². The van der Waals surface area contributed by atoms with Crippen LogP contribution in [0.4, 0.5) is 5.13 Å². The third-order valence-corrected chi connectivity index (χ3v) is 4.91. The molecule has 0 bridgehead atoms. The molecule has 2 aromatic rings. The van der Waals surface area contributed by atoms with E-state index in [9.17, 15) is 8.42 Å². The van der Waals surface area contributed by atoms with Crippen molar-refractivity contribution in [2.24, 2.45) is 5.73 Å². The highest BCUT2D eigenvalue weighted by atomic mass is 32.2. The second-order valence-electron chi connectivity index (χ2n) is 4.04. The molecule has 3 N–H and O–H groups in total. The number of nitrogens with zero attached hydrogens (tertiary/aromatic N) is 4. The summed E-state index contributed by atoms with van der Waals surface area (Å²) in [6.07, 6.45) is 4.24. The minimum absolute atomic E-state index is 0.0998. The molecule has 10 heteroatoms. The number of anilines is 1. The maximum absolute atomic E-state index is 12.1. The quantitative estimate of drug-likeness (QED) is 0.766. The first-order chi connectivity index (χ1) is 9.55. The Morgan fingerprint density at radius 1 is 1.45 bits per heavy atom. The van der Waals surface area contributed by atoms with Gasteiger partial charge in [0.15, 0.2) is 0 Å². The Bertz CT molecular complexity index is 663. The van der Waals surface area contributed by atoms with Crippen LogP contribution in [0.15, 0.2) is 17.3 Å². The molecule has 20 heavy (non-hydrogen) atoms. The number of sulfonamides is 1. The highest BCUT2D eigenvalue weighted by Crippen LogP contribution is 2.19. The molecule has 0 aliphatic carbocycles. The zero-order valence-corrected chi connectivity index (χ0v) is 12.6. The zero-order valence-electron chi connectivity index (χ0n) is 11.0. The maximum atomic E-state index is 12.1. The van der Waals surface area contributed by atoms with Crippen molar-refractivity contribution in [3.63, 3.8) is 0 Å². The predicted molar refractivity (Wildman–Crippen MR) is 76.0 cm³/mol. The van der Waals surface area contributed by atoms with Crippen LogP contribution in [0.3, 0.4) is 0 Å². The van der Waals surface area contributed by atoms with Crippen molar-refractivity contribution in [1.29, 1.82) is 0 Å². The van der Waals surface area contributed by atoms with E-state index in [0.717, 1.165) is 17.8 Å². The van der Waals surface area contributed by atoms with Crippen molar-refractivity contribution in [3.8, 4) is 0 Å². The van der Waals surface area contributed by atoms with Crippen LogP contribution in [-0.2, 0) is 23.0 Å². The van der Waals surface area contributed by atoms with E-state index in [4.69, 9.17) is 5.73 Å². The van der Waals surface area contributed by atoms with E-state index in [1.807, 2.05) is 6.92 Å². The van der Waals surface area contributed by atoms with Gasteiger partial charge in [-0.1, -0.05) is 18.3 Å². The fourth-order valence-electron chi connectivity index (χ4n) is 1.47. The van der Waals surface area contributed by atoms with Crippen molar-refractivity contribution in [2.75, 3.05) is 11.3 Å². The monoisotopic (exact) mass is 316 g/mol. The third kappa shape index (κ3) is 3.52. The summed E-state index contributed by atoms with van der Waals surface area (Å²) in [4.78, 5) is 0.0998. The minimum Gasteiger partial charge on any atom is -0.330 e. The van der Waals surface area contributed by atoms with Gasteiger partial charge in [0.2, 0.25) is 5.13 Å². The average Bonchev–Trinajstić information content (AvgIpc) is 3.04. The van der Waals surface area contributed by atoms with Crippen molar-refractivity contribution in [2.45, 2.75) is 31.2 Å². The summed E-state index contributed by atoms with van der Waals surface area (Å²) in [5.74, 6) is 0. The van der Waals surface area contributed by atoms with Gasteiger partial charge in [-0.25, -0.2) is 8.42 Å².